The molecule has 1 amide bonds. The third-order valence-electron chi connectivity index (χ3n) is 6.03. The van der Waals surface area contributed by atoms with Crippen LogP contribution in [0.1, 0.15) is 21.7 Å². The molecule has 1 saturated heterocycles. The lowest BCUT2D eigenvalue weighted by Crippen LogP contribution is -2.49. The van der Waals surface area contributed by atoms with E-state index in [0.29, 0.717) is 37.6 Å². The summed E-state index contributed by atoms with van der Waals surface area (Å²) >= 11 is 0. The van der Waals surface area contributed by atoms with Crippen molar-refractivity contribution in [2.24, 2.45) is 0 Å². The normalized spacial score (nSPS) is 14.8. The molecule has 1 N–H and O–H groups in total. The van der Waals surface area contributed by atoms with Crippen LogP contribution in [0.25, 0.3) is 16.9 Å². The van der Waals surface area contributed by atoms with Gasteiger partial charge in [-0.2, -0.15) is 5.10 Å². The minimum atomic E-state index is -0.136. The Morgan fingerprint density at radius 2 is 1.82 bits per heavy atom. The van der Waals surface area contributed by atoms with Crippen molar-refractivity contribution < 1.29 is 4.79 Å². The molecule has 1 aliphatic heterocycles. The summed E-state index contributed by atoms with van der Waals surface area (Å²) in [5.41, 5.74) is 4.11. The van der Waals surface area contributed by atoms with Crippen LogP contribution in [0.2, 0.25) is 0 Å². The average molecular weight is 447 g/mol. The Morgan fingerprint density at radius 3 is 2.58 bits per heavy atom. The van der Waals surface area contributed by atoms with E-state index in [1.165, 1.54) is 10.7 Å². The molecule has 170 valence electrons. The summed E-state index contributed by atoms with van der Waals surface area (Å²) in [6.07, 6.45) is 1.63. The topological polar surface area (TPSA) is 105 Å². The van der Waals surface area contributed by atoms with Crippen molar-refractivity contribution in [2.75, 3.05) is 32.7 Å². The predicted molar refractivity (Wildman–Crippen MR) is 124 cm³/mol. The molecule has 0 radical (unpaired) electrons. The molecular weight excluding hydrogens is 420 g/mol. The number of hydrogen-bond donors (Lipinski definition) is 1. The second-order valence-electron chi connectivity index (χ2n) is 8.36. The maximum absolute atomic E-state index is 12.9. The minimum Gasteiger partial charge on any atom is -0.345 e. The standard InChI is InChI=1S/C23H26N8O2/c1-16-13-17(2)31(26-16)21-5-6-22(32)30(27-21)12-9-28-7-10-29(11-8-28)23(33)18-3-4-19-20(14-18)25-15-24-19/h3-6,13-15H,7-12H2,1-2H3,(H,24,25). The first-order chi connectivity index (χ1) is 16.0. The van der Waals surface area contributed by atoms with E-state index >= 15 is 0 Å². The number of aryl methyl sites for hydroxylation is 2. The molecule has 0 bridgehead atoms. The SMILES string of the molecule is Cc1cc(C)n(-c2ccc(=O)n(CCN3CCN(C(=O)c4ccc5nc[nH]c5c4)CC3)n2)n1. The molecule has 5 rings (SSSR count). The molecule has 1 aromatic carbocycles. The number of benzene rings is 1. The molecule has 1 aliphatic rings. The number of nitrogens with zero attached hydrogens (tertiary/aromatic N) is 7. The average Bonchev–Trinajstić information content (AvgIpc) is 3.43. The van der Waals surface area contributed by atoms with Crippen LogP contribution in [-0.4, -0.2) is 78.0 Å². The largest absolute Gasteiger partial charge is 0.345 e. The Labute approximate surface area is 190 Å². The third kappa shape index (κ3) is 4.29. The number of carbonyl (C=O) groups is 1. The number of imidazole rings is 1. The summed E-state index contributed by atoms with van der Waals surface area (Å²) in [6, 6.07) is 10.7. The van der Waals surface area contributed by atoms with Crippen LogP contribution in [0.4, 0.5) is 0 Å². The van der Waals surface area contributed by atoms with Crippen molar-refractivity contribution in [2.45, 2.75) is 20.4 Å². The van der Waals surface area contributed by atoms with Gasteiger partial charge >= 0.3 is 0 Å². The van der Waals surface area contributed by atoms with Crippen molar-refractivity contribution in [1.82, 2.24) is 39.3 Å². The van der Waals surface area contributed by atoms with E-state index in [0.717, 1.165) is 35.5 Å². The van der Waals surface area contributed by atoms with E-state index in [4.69, 9.17) is 0 Å². The van der Waals surface area contributed by atoms with Crippen molar-refractivity contribution in [3.05, 3.63) is 70.0 Å². The summed E-state index contributed by atoms with van der Waals surface area (Å²) < 4.78 is 3.24. The Morgan fingerprint density at radius 1 is 1.00 bits per heavy atom. The van der Waals surface area contributed by atoms with Gasteiger partial charge in [0.1, 0.15) is 0 Å². The van der Waals surface area contributed by atoms with Gasteiger partial charge in [-0.3, -0.25) is 14.5 Å². The van der Waals surface area contributed by atoms with Crippen LogP contribution in [0, 0.1) is 13.8 Å². The Kier molecular flexibility index (Phi) is 5.51. The van der Waals surface area contributed by atoms with E-state index in [2.05, 4.69) is 25.1 Å². The number of aromatic amines is 1. The molecule has 33 heavy (non-hydrogen) atoms. The van der Waals surface area contributed by atoms with E-state index in [1.807, 2.05) is 43.0 Å². The molecule has 0 unspecified atom stereocenters. The zero-order valence-electron chi connectivity index (χ0n) is 18.7. The highest BCUT2D eigenvalue weighted by molar-refractivity contribution is 5.97. The molecule has 10 heteroatoms. The van der Waals surface area contributed by atoms with E-state index < -0.39 is 0 Å². The Hall–Kier alpha value is -3.79. The molecular formula is C23H26N8O2. The number of piperazine rings is 1. The van der Waals surface area contributed by atoms with Crippen molar-refractivity contribution in [1.29, 1.82) is 0 Å². The zero-order valence-corrected chi connectivity index (χ0v) is 18.7. The number of nitrogens with one attached hydrogen (secondary N) is 1. The molecule has 0 saturated carbocycles. The molecule has 10 nitrogen and oxygen atoms in total. The van der Waals surface area contributed by atoms with Gasteiger partial charge in [-0.05, 0) is 44.2 Å². The molecule has 0 spiro atoms. The number of amides is 1. The first-order valence-electron chi connectivity index (χ1n) is 11.0. The van der Waals surface area contributed by atoms with E-state index in [-0.39, 0.29) is 11.5 Å². The Bertz CT molecular complexity index is 1360. The van der Waals surface area contributed by atoms with Gasteiger partial charge in [-0.15, -0.1) is 5.10 Å². The van der Waals surface area contributed by atoms with Gasteiger partial charge in [-0.25, -0.2) is 14.3 Å². The number of aromatic nitrogens is 6. The fourth-order valence-electron chi connectivity index (χ4n) is 4.23. The minimum absolute atomic E-state index is 0.0293. The molecule has 4 aromatic rings. The molecule has 4 heterocycles. The van der Waals surface area contributed by atoms with Gasteiger partial charge < -0.3 is 9.88 Å². The summed E-state index contributed by atoms with van der Waals surface area (Å²) in [5, 5.41) is 8.96. The second kappa shape index (κ2) is 8.62. The van der Waals surface area contributed by atoms with Crippen LogP contribution in [0.5, 0.6) is 0 Å². The number of carbonyl (C=O) groups excluding carboxylic acids is 1. The lowest BCUT2D eigenvalue weighted by Gasteiger charge is -2.34. The third-order valence-corrected chi connectivity index (χ3v) is 6.03. The second-order valence-corrected chi connectivity index (χ2v) is 8.36. The quantitative estimate of drug-likeness (QED) is 0.497. The van der Waals surface area contributed by atoms with Crippen molar-refractivity contribution in [3.63, 3.8) is 0 Å². The first-order valence-corrected chi connectivity index (χ1v) is 11.0. The van der Waals surface area contributed by atoms with Gasteiger partial charge in [0, 0.05) is 50.0 Å². The van der Waals surface area contributed by atoms with E-state index in [9.17, 15) is 9.59 Å². The fourth-order valence-corrected chi connectivity index (χ4v) is 4.23. The lowest BCUT2D eigenvalue weighted by atomic mass is 10.1. The maximum atomic E-state index is 12.9. The smallest absolute Gasteiger partial charge is 0.266 e. The van der Waals surface area contributed by atoms with Crippen molar-refractivity contribution in [3.8, 4) is 5.82 Å². The summed E-state index contributed by atoms with van der Waals surface area (Å²) in [7, 11) is 0. The first kappa shape index (κ1) is 21.1. The lowest BCUT2D eigenvalue weighted by molar-refractivity contribution is 0.0631. The monoisotopic (exact) mass is 446 g/mol. The summed E-state index contributed by atoms with van der Waals surface area (Å²) in [5.74, 6) is 0.659. The predicted octanol–water partition coefficient (Wildman–Crippen LogP) is 1.38. The van der Waals surface area contributed by atoms with Gasteiger partial charge in [0.05, 0.1) is 29.6 Å². The zero-order chi connectivity index (χ0) is 22.9. The summed E-state index contributed by atoms with van der Waals surface area (Å²) in [4.78, 5) is 36.6. The maximum Gasteiger partial charge on any atom is 0.266 e. The van der Waals surface area contributed by atoms with Crippen LogP contribution in [0.15, 0.2) is 47.5 Å². The van der Waals surface area contributed by atoms with Gasteiger partial charge in [0.2, 0.25) is 0 Å². The molecule has 0 atom stereocenters. The molecule has 3 aromatic heterocycles. The Balaban J connectivity index is 1.19. The van der Waals surface area contributed by atoms with Crippen molar-refractivity contribution >= 4 is 16.9 Å². The number of hydrogen-bond acceptors (Lipinski definition) is 6. The molecule has 0 aliphatic carbocycles. The summed E-state index contributed by atoms with van der Waals surface area (Å²) in [6.45, 7) is 7.87. The van der Waals surface area contributed by atoms with E-state index in [1.54, 1.807) is 17.1 Å². The highest BCUT2D eigenvalue weighted by Crippen LogP contribution is 2.15. The highest BCUT2D eigenvalue weighted by atomic mass is 16.2. The van der Waals surface area contributed by atoms with Gasteiger partial charge in [0.25, 0.3) is 11.5 Å². The van der Waals surface area contributed by atoms with Gasteiger partial charge in [-0.1, -0.05) is 0 Å². The van der Waals surface area contributed by atoms with Crippen LogP contribution in [0.3, 0.4) is 0 Å². The number of rotatable bonds is 5. The fraction of sp³-hybridized carbons (Fsp3) is 0.348. The van der Waals surface area contributed by atoms with Crippen LogP contribution >= 0.6 is 0 Å². The number of H-pyrrole nitrogens is 1. The number of fused-ring (bicyclic) bond motifs is 1. The molecule has 1 fully saturated rings. The van der Waals surface area contributed by atoms with Gasteiger partial charge in [0.15, 0.2) is 5.82 Å². The van der Waals surface area contributed by atoms with Crippen LogP contribution < -0.4 is 5.56 Å². The van der Waals surface area contributed by atoms with Crippen LogP contribution in [-0.2, 0) is 6.54 Å². The highest BCUT2D eigenvalue weighted by Gasteiger charge is 2.22.